The molecule has 0 rings (SSSR count). The van der Waals surface area contributed by atoms with E-state index in [-0.39, 0.29) is 11.3 Å². The standard InChI is InChI=1S/C10H19O3P/c1-9(10(2,3)4)7-8-14(11,12-5)13-6/h9H,1-6H3. The molecule has 0 spiro atoms. The number of rotatable bonds is 2. The lowest BCUT2D eigenvalue weighted by atomic mass is 9.83. The van der Waals surface area contributed by atoms with E-state index in [0.29, 0.717) is 0 Å². The van der Waals surface area contributed by atoms with Gasteiger partial charge in [0.05, 0.1) is 0 Å². The Labute approximate surface area is 86.7 Å². The molecule has 0 saturated carbocycles. The Bertz CT molecular complexity index is 272. The van der Waals surface area contributed by atoms with Gasteiger partial charge >= 0.3 is 7.60 Å². The monoisotopic (exact) mass is 218 g/mol. The summed E-state index contributed by atoms with van der Waals surface area (Å²) in [5, 5.41) is 0. The molecule has 3 nitrogen and oxygen atoms in total. The molecule has 82 valence electrons. The first-order valence-electron chi connectivity index (χ1n) is 4.49. The van der Waals surface area contributed by atoms with Crippen molar-refractivity contribution < 1.29 is 13.6 Å². The maximum atomic E-state index is 11.6. The van der Waals surface area contributed by atoms with Gasteiger partial charge in [0.25, 0.3) is 0 Å². The van der Waals surface area contributed by atoms with E-state index in [9.17, 15) is 4.57 Å². The summed E-state index contributed by atoms with van der Waals surface area (Å²) in [6, 6.07) is 0. The molecule has 0 heterocycles. The Morgan fingerprint density at radius 2 is 1.64 bits per heavy atom. The van der Waals surface area contributed by atoms with Gasteiger partial charge in [-0.25, -0.2) is 4.57 Å². The van der Waals surface area contributed by atoms with E-state index in [1.54, 1.807) is 0 Å². The summed E-state index contributed by atoms with van der Waals surface area (Å²) in [6.07, 6.45) is 0. The summed E-state index contributed by atoms with van der Waals surface area (Å²) in [6.45, 7) is 8.23. The molecule has 0 fully saturated rings. The summed E-state index contributed by atoms with van der Waals surface area (Å²) < 4.78 is 21.0. The van der Waals surface area contributed by atoms with Crippen molar-refractivity contribution in [3.8, 4) is 11.6 Å². The molecule has 0 radical (unpaired) electrons. The number of hydrogen-bond donors (Lipinski definition) is 0. The molecule has 0 bridgehead atoms. The highest BCUT2D eigenvalue weighted by Crippen LogP contribution is 2.45. The van der Waals surface area contributed by atoms with Crippen molar-refractivity contribution in [1.82, 2.24) is 0 Å². The third kappa shape index (κ3) is 4.28. The van der Waals surface area contributed by atoms with Crippen LogP contribution in [0.5, 0.6) is 0 Å². The van der Waals surface area contributed by atoms with Crippen LogP contribution in [0.3, 0.4) is 0 Å². The van der Waals surface area contributed by atoms with Gasteiger partial charge in [-0.1, -0.05) is 33.6 Å². The van der Waals surface area contributed by atoms with Gasteiger partial charge in [-0.3, -0.25) is 0 Å². The molecule has 0 aromatic heterocycles. The maximum Gasteiger partial charge on any atom is 0.405 e. The zero-order chi connectivity index (χ0) is 11.4. The van der Waals surface area contributed by atoms with Gasteiger partial charge in [0, 0.05) is 25.8 Å². The van der Waals surface area contributed by atoms with Crippen molar-refractivity contribution in [3.63, 3.8) is 0 Å². The molecular weight excluding hydrogens is 199 g/mol. The lowest BCUT2D eigenvalue weighted by Crippen LogP contribution is -2.15. The van der Waals surface area contributed by atoms with Crippen LogP contribution in [0, 0.1) is 22.9 Å². The molecule has 0 saturated heterocycles. The molecule has 4 heteroatoms. The lowest BCUT2D eigenvalue weighted by Gasteiger charge is -2.22. The zero-order valence-corrected chi connectivity index (χ0v) is 10.6. The van der Waals surface area contributed by atoms with Crippen LogP contribution in [0.25, 0.3) is 0 Å². The third-order valence-electron chi connectivity index (χ3n) is 2.20. The molecule has 14 heavy (non-hydrogen) atoms. The largest absolute Gasteiger partial charge is 0.405 e. The first-order valence-corrected chi connectivity index (χ1v) is 6.04. The first kappa shape index (κ1) is 13.7. The van der Waals surface area contributed by atoms with E-state index in [0.717, 1.165) is 0 Å². The van der Waals surface area contributed by atoms with Crippen LogP contribution in [0.2, 0.25) is 0 Å². The van der Waals surface area contributed by atoms with Crippen LogP contribution in [0.1, 0.15) is 27.7 Å². The minimum Gasteiger partial charge on any atom is -0.303 e. The molecule has 0 aliphatic rings. The van der Waals surface area contributed by atoms with Gasteiger partial charge in [0.15, 0.2) is 0 Å². The SMILES string of the molecule is COP(=O)(C#CC(C)C(C)(C)C)OC. The second kappa shape index (κ2) is 4.98. The molecule has 1 atom stereocenters. The fraction of sp³-hybridized carbons (Fsp3) is 0.800. The average molecular weight is 218 g/mol. The predicted octanol–water partition coefficient (Wildman–Crippen LogP) is 3.12. The number of hydrogen-bond acceptors (Lipinski definition) is 3. The van der Waals surface area contributed by atoms with Gasteiger partial charge in [0.1, 0.15) is 0 Å². The van der Waals surface area contributed by atoms with Crippen LogP contribution in [0.4, 0.5) is 0 Å². The maximum absolute atomic E-state index is 11.6. The smallest absolute Gasteiger partial charge is 0.303 e. The van der Waals surface area contributed by atoms with E-state index >= 15 is 0 Å². The zero-order valence-electron chi connectivity index (χ0n) is 9.75. The Kier molecular flexibility index (Phi) is 4.88. The van der Waals surface area contributed by atoms with Crippen LogP contribution >= 0.6 is 7.60 Å². The van der Waals surface area contributed by atoms with E-state index in [4.69, 9.17) is 9.05 Å². The normalized spacial score (nSPS) is 14.4. The predicted molar refractivity (Wildman–Crippen MR) is 58.0 cm³/mol. The van der Waals surface area contributed by atoms with Crippen LogP contribution in [0.15, 0.2) is 0 Å². The van der Waals surface area contributed by atoms with Crippen molar-refractivity contribution in [1.29, 1.82) is 0 Å². The quantitative estimate of drug-likeness (QED) is 0.527. The summed E-state index contributed by atoms with van der Waals surface area (Å²) in [7, 11) is -0.498. The summed E-state index contributed by atoms with van der Waals surface area (Å²) >= 11 is 0. The van der Waals surface area contributed by atoms with Crippen molar-refractivity contribution >= 4 is 7.60 Å². The van der Waals surface area contributed by atoms with Crippen molar-refractivity contribution in [2.45, 2.75) is 27.7 Å². The Morgan fingerprint density at radius 3 is 1.93 bits per heavy atom. The van der Waals surface area contributed by atoms with E-state index in [2.05, 4.69) is 32.4 Å². The Hall–Kier alpha value is -0.290. The second-order valence-corrected chi connectivity index (χ2v) is 6.16. The Balaban J connectivity index is 4.66. The average Bonchev–Trinajstić information content (AvgIpc) is 2.12. The van der Waals surface area contributed by atoms with Gasteiger partial charge in [-0.15, -0.1) is 0 Å². The molecule has 0 N–H and O–H groups in total. The van der Waals surface area contributed by atoms with Gasteiger partial charge in [-0.2, -0.15) is 0 Å². The van der Waals surface area contributed by atoms with E-state index < -0.39 is 7.60 Å². The lowest BCUT2D eigenvalue weighted by molar-refractivity contribution is 0.288. The second-order valence-electron chi connectivity index (χ2n) is 4.21. The molecule has 1 unspecified atom stereocenters. The fourth-order valence-electron chi connectivity index (χ4n) is 0.558. The van der Waals surface area contributed by atoms with Crippen molar-refractivity contribution in [2.75, 3.05) is 14.2 Å². The van der Waals surface area contributed by atoms with Crippen molar-refractivity contribution in [2.24, 2.45) is 11.3 Å². The topological polar surface area (TPSA) is 35.5 Å². The third-order valence-corrected chi connectivity index (χ3v) is 3.56. The highest BCUT2D eigenvalue weighted by atomic mass is 31.2. The van der Waals surface area contributed by atoms with E-state index in [1.165, 1.54) is 14.2 Å². The highest BCUT2D eigenvalue weighted by molar-refractivity contribution is 7.59. The van der Waals surface area contributed by atoms with Gasteiger partial charge in [-0.05, 0) is 5.41 Å². The summed E-state index contributed by atoms with van der Waals surface area (Å²) in [5.74, 6) is 3.04. The molecule has 0 amide bonds. The van der Waals surface area contributed by atoms with Crippen LogP contribution in [-0.4, -0.2) is 14.2 Å². The molecule has 0 aromatic carbocycles. The molecule has 0 aliphatic carbocycles. The van der Waals surface area contributed by atoms with Crippen LogP contribution < -0.4 is 0 Å². The van der Waals surface area contributed by atoms with Gasteiger partial charge < -0.3 is 9.05 Å². The Morgan fingerprint density at radius 1 is 1.21 bits per heavy atom. The van der Waals surface area contributed by atoms with Crippen LogP contribution in [-0.2, 0) is 13.6 Å². The molecule has 0 aliphatic heterocycles. The minimum absolute atomic E-state index is 0.0688. The molecule has 0 aromatic rings. The van der Waals surface area contributed by atoms with Crippen molar-refractivity contribution in [3.05, 3.63) is 0 Å². The molecular formula is C10H19O3P. The minimum atomic E-state index is -3.17. The highest BCUT2D eigenvalue weighted by Gasteiger charge is 2.21. The van der Waals surface area contributed by atoms with E-state index in [1.807, 2.05) is 6.92 Å². The van der Waals surface area contributed by atoms with Gasteiger partial charge in [0.2, 0.25) is 0 Å². The fourth-order valence-corrected chi connectivity index (χ4v) is 1.24. The summed E-state index contributed by atoms with van der Waals surface area (Å²) in [4.78, 5) is 0. The first-order chi connectivity index (χ1) is 6.25. The summed E-state index contributed by atoms with van der Waals surface area (Å²) in [5.41, 5.74) is 2.63.